The van der Waals surface area contributed by atoms with E-state index >= 15 is 0 Å². The summed E-state index contributed by atoms with van der Waals surface area (Å²) >= 11 is 0. The van der Waals surface area contributed by atoms with E-state index in [0.717, 1.165) is 0 Å². The Labute approximate surface area is 97.4 Å². The Morgan fingerprint density at radius 3 is 2.94 bits per heavy atom. The second-order valence-electron chi connectivity index (χ2n) is 3.77. The maximum Gasteiger partial charge on any atom is 0.330 e. The number of aliphatic carboxylic acids is 1. The summed E-state index contributed by atoms with van der Waals surface area (Å²) in [6.07, 6.45) is 1.68. The molecular formula is C9H14N4O4. The lowest BCUT2D eigenvalue weighted by molar-refractivity contribution is -0.384. The van der Waals surface area contributed by atoms with Gasteiger partial charge in [0, 0.05) is 19.5 Å². The molecular weight excluding hydrogens is 228 g/mol. The number of rotatable bonds is 6. The monoisotopic (exact) mass is 242 g/mol. The van der Waals surface area contributed by atoms with Gasteiger partial charge in [-0.3, -0.25) is 19.6 Å². The van der Waals surface area contributed by atoms with Crippen LogP contribution in [0.25, 0.3) is 0 Å². The predicted molar refractivity (Wildman–Crippen MR) is 59.8 cm³/mol. The molecule has 8 heteroatoms. The second-order valence-corrected chi connectivity index (χ2v) is 3.77. The molecule has 0 radical (unpaired) electrons. The second kappa shape index (κ2) is 5.28. The van der Waals surface area contributed by atoms with E-state index < -0.39 is 10.9 Å². The molecule has 0 fully saturated rings. The quantitative estimate of drug-likeness (QED) is 0.568. The van der Waals surface area contributed by atoms with Crippen LogP contribution in [-0.4, -0.2) is 31.8 Å². The highest BCUT2D eigenvalue weighted by Crippen LogP contribution is 2.22. The summed E-state index contributed by atoms with van der Waals surface area (Å²) < 4.78 is 1.34. The van der Waals surface area contributed by atoms with Crippen LogP contribution in [0.2, 0.25) is 0 Å². The van der Waals surface area contributed by atoms with E-state index in [4.69, 9.17) is 5.11 Å². The minimum absolute atomic E-state index is 0.00873. The molecule has 17 heavy (non-hydrogen) atoms. The molecule has 1 rings (SSSR count). The summed E-state index contributed by atoms with van der Waals surface area (Å²) in [5, 5.41) is 26.0. The lowest BCUT2D eigenvalue weighted by Crippen LogP contribution is -2.17. The van der Waals surface area contributed by atoms with Gasteiger partial charge in [0.25, 0.3) is 0 Å². The zero-order valence-electron chi connectivity index (χ0n) is 9.58. The minimum Gasteiger partial charge on any atom is -0.481 e. The lowest BCUT2D eigenvalue weighted by atomic mass is 10.2. The Kier molecular flexibility index (Phi) is 4.02. The van der Waals surface area contributed by atoms with Crippen molar-refractivity contribution >= 4 is 17.5 Å². The van der Waals surface area contributed by atoms with Crippen LogP contribution in [0.1, 0.15) is 19.8 Å². The standard InChI is InChI=1S/C9H14N4O4/c1-6(3-4-8(14)15)10-9-7(13(16)17)5-12(2)11-9/h5-6H,3-4H2,1-2H3,(H,10,11)(H,14,15). The van der Waals surface area contributed by atoms with E-state index in [0.29, 0.717) is 6.42 Å². The van der Waals surface area contributed by atoms with E-state index in [9.17, 15) is 14.9 Å². The van der Waals surface area contributed by atoms with Crippen LogP contribution in [0.3, 0.4) is 0 Å². The number of hydrogen-bond donors (Lipinski definition) is 2. The molecule has 0 aliphatic carbocycles. The molecule has 0 aliphatic rings. The molecule has 0 aliphatic heterocycles. The number of carbonyl (C=O) groups is 1. The summed E-state index contributed by atoms with van der Waals surface area (Å²) in [5.74, 6) is -0.732. The van der Waals surface area contributed by atoms with Crippen molar-refractivity contribution < 1.29 is 14.8 Å². The molecule has 1 heterocycles. The van der Waals surface area contributed by atoms with Gasteiger partial charge in [-0.15, -0.1) is 5.10 Å². The first-order valence-corrected chi connectivity index (χ1v) is 5.06. The van der Waals surface area contributed by atoms with Gasteiger partial charge in [-0.1, -0.05) is 0 Å². The lowest BCUT2D eigenvalue weighted by Gasteiger charge is -2.10. The normalized spacial score (nSPS) is 12.1. The SMILES string of the molecule is CC(CCC(=O)O)Nc1nn(C)cc1[N+](=O)[O-]. The fraction of sp³-hybridized carbons (Fsp3) is 0.556. The number of hydrogen-bond acceptors (Lipinski definition) is 5. The van der Waals surface area contributed by atoms with Gasteiger partial charge in [-0.25, -0.2) is 0 Å². The summed E-state index contributed by atoms with van der Waals surface area (Å²) in [4.78, 5) is 20.6. The maximum absolute atomic E-state index is 10.7. The van der Waals surface area contributed by atoms with Gasteiger partial charge in [0.2, 0.25) is 5.82 Å². The molecule has 1 atom stereocenters. The average Bonchev–Trinajstić information content (AvgIpc) is 2.56. The first kappa shape index (κ1) is 12.9. The van der Waals surface area contributed by atoms with Crippen molar-refractivity contribution in [2.75, 3.05) is 5.32 Å². The Morgan fingerprint density at radius 2 is 2.41 bits per heavy atom. The number of aromatic nitrogens is 2. The molecule has 0 aromatic carbocycles. The third-order valence-electron chi connectivity index (χ3n) is 2.18. The molecule has 0 amide bonds. The molecule has 0 saturated carbocycles. The first-order valence-electron chi connectivity index (χ1n) is 5.06. The Hall–Kier alpha value is -2.12. The van der Waals surface area contributed by atoms with Crippen LogP contribution >= 0.6 is 0 Å². The zero-order valence-corrected chi connectivity index (χ0v) is 9.58. The van der Waals surface area contributed by atoms with Crippen LogP contribution in [0.15, 0.2) is 6.20 Å². The van der Waals surface area contributed by atoms with Gasteiger partial charge in [0.15, 0.2) is 0 Å². The van der Waals surface area contributed by atoms with Crippen molar-refractivity contribution in [3.05, 3.63) is 16.3 Å². The largest absolute Gasteiger partial charge is 0.481 e. The number of anilines is 1. The van der Waals surface area contributed by atoms with Gasteiger partial charge >= 0.3 is 11.7 Å². The van der Waals surface area contributed by atoms with Gasteiger partial charge in [0.1, 0.15) is 6.20 Å². The Balaban J connectivity index is 2.67. The summed E-state index contributed by atoms with van der Waals surface area (Å²) in [6, 6.07) is -0.195. The van der Waals surface area contributed by atoms with Crippen molar-refractivity contribution in [1.82, 2.24) is 9.78 Å². The zero-order chi connectivity index (χ0) is 13.0. The highest BCUT2D eigenvalue weighted by Gasteiger charge is 2.19. The van der Waals surface area contributed by atoms with E-state index in [2.05, 4.69) is 10.4 Å². The third-order valence-corrected chi connectivity index (χ3v) is 2.18. The van der Waals surface area contributed by atoms with E-state index in [1.165, 1.54) is 10.9 Å². The molecule has 0 bridgehead atoms. The van der Waals surface area contributed by atoms with Gasteiger partial charge in [0.05, 0.1) is 4.92 Å². The predicted octanol–water partition coefficient (Wildman–Crippen LogP) is 0.993. The van der Waals surface area contributed by atoms with Crippen LogP contribution < -0.4 is 5.32 Å². The summed E-state index contributed by atoms with van der Waals surface area (Å²) in [5.41, 5.74) is -0.116. The number of aryl methyl sites for hydroxylation is 1. The first-order chi connectivity index (χ1) is 7.90. The molecule has 2 N–H and O–H groups in total. The average molecular weight is 242 g/mol. The van der Waals surface area contributed by atoms with Gasteiger partial charge in [-0.05, 0) is 13.3 Å². The fourth-order valence-electron chi connectivity index (χ4n) is 1.36. The molecule has 1 unspecified atom stereocenters. The number of nitrogens with one attached hydrogen (secondary N) is 1. The molecule has 1 aromatic heterocycles. The molecule has 8 nitrogen and oxygen atoms in total. The summed E-state index contributed by atoms with van der Waals surface area (Å²) in [7, 11) is 1.58. The van der Waals surface area contributed by atoms with Crippen molar-refractivity contribution in [3.8, 4) is 0 Å². The van der Waals surface area contributed by atoms with Gasteiger partial charge < -0.3 is 10.4 Å². The number of carboxylic acid groups (broad SMARTS) is 1. The molecule has 94 valence electrons. The van der Waals surface area contributed by atoms with Crippen LogP contribution in [0.5, 0.6) is 0 Å². The van der Waals surface area contributed by atoms with E-state index in [-0.39, 0.29) is 24.0 Å². The third kappa shape index (κ3) is 3.74. The number of nitro groups is 1. The molecule has 0 spiro atoms. The maximum atomic E-state index is 10.7. The van der Waals surface area contributed by atoms with Crippen molar-refractivity contribution in [1.29, 1.82) is 0 Å². The molecule has 1 aromatic rings. The Morgan fingerprint density at radius 1 is 1.76 bits per heavy atom. The number of nitrogens with zero attached hydrogens (tertiary/aromatic N) is 3. The van der Waals surface area contributed by atoms with Crippen molar-refractivity contribution in [2.24, 2.45) is 7.05 Å². The van der Waals surface area contributed by atoms with Crippen LogP contribution in [-0.2, 0) is 11.8 Å². The summed E-state index contributed by atoms with van der Waals surface area (Å²) in [6.45, 7) is 1.75. The smallest absolute Gasteiger partial charge is 0.330 e. The minimum atomic E-state index is -0.894. The van der Waals surface area contributed by atoms with Crippen molar-refractivity contribution in [3.63, 3.8) is 0 Å². The van der Waals surface area contributed by atoms with E-state index in [1.54, 1.807) is 14.0 Å². The highest BCUT2D eigenvalue weighted by atomic mass is 16.6. The van der Waals surface area contributed by atoms with Gasteiger partial charge in [-0.2, -0.15) is 0 Å². The Bertz CT molecular complexity index is 429. The van der Waals surface area contributed by atoms with Crippen LogP contribution in [0.4, 0.5) is 11.5 Å². The fourth-order valence-corrected chi connectivity index (χ4v) is 1.36. The van der Waals surface area contributed by atoms with E-state index in [1.807, 2.05) is 0 Å². The van der Waals surface area contributed by atoms with Crippen molar-refractivity contribution in [2.45, 2.75) is 25.8 Å². The van der Waals surface area contributed by atoms with Crippen LogP contribution in [0, 0.1) is 10.1 Å². The highest BCUT2D eigenvalue weighted by molar-refractivity contribution is 5.66. The number of carboxylic acids is 1. The topological polar surface area (TPSA) is 110 Å². The molecule has 0 saturated heterocycles.